The van der Waals surface area contributed by atoms with Gasteiger partial charge in [0, 0.05) is 50.6 Å². The fourth-order valence-corrected chi connectivity index (χ4v) is 3.40. The van der Waals surface area contributed by atoms with Gasteiger partial charge in [-0.3, -0.25) is 9.59 Å². The number of aryl methyl sites for hydroxylation is 1. The highest BCUT2D eigenvalue weighted by atomic mass is 16.5. The molecule has 3 heterocycles. The lowest BCUT2D eigenvalue weighted by atomic mass is 10.0. The summed E-state index contributed by atoms with van der Waals surface area (Å²) in [7, 11) is 0. The van der Waals surface area contributed by atoms with Crippen LogP contribution in [0.15, 0.2) is 42.6 Å². The largest absolute Gasteiger partial charge is 0.484 e. The van der Waals surface area contributed by atoms with Gasteiger partial charge < -0.3 is 19.9 Å². The molecule has 4 rings (SSSR count). The molecule has 1 N–H and O–H groups in total. The summed E-state index contributed by atoms with van der Waals surface area (Å²) >= 11 is 0. The number of nitrogens with zero attached hydrogens (tertiary/aromatic N) is 3. The number of carbonyl (C=O) groups excluding carboxylic acids is 2. The van der Waals surface area contributed by atoms with E-state index in [1.807, 2.05) is 35.2 Å². The highest BCUT2D eigenvalue weighted by Gasteiger charge is 2.22. The number of hydrogen-bond donors (Lipinski definition) is 1. The van der Waals surface area contributed by atoms with E-state index in [-0.39, 0.29) is 18.4 Å². The van der Waals surface area contributed by atoms with Crippen molar-refractivity contribution in [3.8, 4) is 5.75 Å². The Morgan fingerprint density at radius 3 is 2.74 bits per heavy atom. The number of amides is 2. The summed E-state index contributed by atoms with van der Waals surface area (Å²) < 4.78 is 5.67. The van der Waals surface area contributed by atoms with Crippen LogP contribution in [0.2, 0.25) is 0 Å². The van der Waals surface area contributed by atoms with Crippen molar-refractivity contribution in [2.45, 2.75) is 12.8 Å². The lowest BCUT2D eigenvalue weighted by Gasteiger charge is -2.35. The molecule has 2 aliphatic rings. The summed E-state index contributed by atoms with van der Waals surface area (Å²) in [6, 6.07) is 11.4. The number of piperazine rings is 1. The van der Waals surface area contributed by atoms with Gasteiger partial charge in [0.15, 0.2) is 6.61 Å². The van der Waals surface area contributed by atoms with Gasteiger partial charge >= 0.3 is 0 Å². The molecule has 2 aromatic rings. The van der Waals surface area contributed by atoms with E-state index in [1.54, 1.807) is 12.3 Å². The van der Waals surface area contributed by atoms with Crippen molar-refractivity contribution < 1.29 is 14.3 Å². The Morgan fingerprint density at radius 2 is 1.96 bits per heavy atom. The average molecular weight is 366 g/mol. The van der Waals surface area contributed by atoms with Gasteiger partial charge in [-0.15, -0.1) is 0 Å². The fourth-order valence-electron chi connectivity index (χ4n) is 3.40. The lowest BCUT2D eigenvalue weighted by Crippen LogP contribution is -2.50. The summed E-state index contributed by atoms with van der Waals surface area (Å²) in [6.07, 6.45) is 3.03. The zero-order valence-electron chi connectivity index (χ0n) is 15.1. The molecular formula is C20H22N4O3. The van der Waals surface area contributed by atoms with Crippen molar-refractivity contribution in [3.63, 3.8) is 0 Å². The monoisotopic (exact) mass is 366 g/mol. The summed E-state index contributed by atoms with van der Waals surface area (Å²) in [5, 5.41) is 2.85. The van der Waals surface area contributed by atoms with Gasteiger partial charge in [0.2, 0.25) is 5.91 Å². The molecule has 27 heavy (non-hydrogen) atoms. The normalized spacial score (nSPS) is 16.5. The first kappa shape index (κ1) is 17.3. The Kier molecular flexibility index (Phi) is 4.91. The molecule has 7 nitrogen and oxygen atoms in total. The van der Waals surface area contributed by atoms with Gasteiger partial charge in [0.25, 0.3) is 5.91 Å². The lowest BCUT2D eigenvalue weighted by molar-refractivity contribution is -0.133. The number of hydrogen-bond acceptors (Lipinski definition) is 5. The van der Waals surface area contributed by atoms with Gasteiger partial charge in [0.05, 0.1) is 0 Å². The van der Waals surface area contributed by atoms with E-state index in [0.29, 0.717) is 25.3 Å². The zero-order valence-corrected chi connectivity index (χ0v) is 15.1. The molecule has 0 radical (unpaired) electrons. The van der Waals surface area contributed by atoms with E-state index >= 15 is 0 Å². The van der Waals surface area contributed by atoms with Crippen LogP contribution in [0.1, 0.15) is 12.0 Å². The average Bonchev–Trinajstić information content (AvgIpc) is 2.72. The maximum atomic E-state index is 12.5. The molecular weight excluding hydrogens is 344 g/mol. The summed E-state index contributed by atoms with van der Waals surface area (Å²) in [4.78, 5) is 32.3. The van der Waals surface area contributed by atoms with E-state index in [0.717, 1.165) is 36.6 Å². The number of benzene rings is 1. The molecule has 0 unspecified atom stereocenters. The van der Waals surface area contributed by atoms with Crippen LogP contribution < -0.4 is 15.0 Å². The molecule has 0 spiro atoms. The van der Waals surface area contributed by atoms with Crippen LogP contribution in [-0.2, 0) is 16.0 Å². The summed E-state index contributed by atoms with van der Waals surface area (Å²) in [5.74, 6) is 1.52. The van der Waals surface area contributed by atoms with E-state index in [1.165, 1.54) is 0 Å². The molecule has 7 heteroatoms. The number of fused-ring (bicyclic) bond motifs is 1. The first-order valence-corrected chi connectivity index (χ1v) is 9.18. The highest BCUT2D eigenvalue weighted by Crippen LogP contribution is 2.27. The Labute approximate surface area is 157 Å². The maximum absolute atomic E-state index is 12.5. The van der Waals surface area contributed by atoms with Crippen LogP contribution in [0, 0.1) is 0 Å². The SMILES string of the molecule is O=C1CCc2ccc(OCC(=O)N3CCN(c4ccccn4)CC3)cc2N1. The quantitative estimate of drug-likeness (QED) is 0.891. The molecule has 1 aromatic carbocycles. The number of aromatic nitrogens is 1. The maximum Gasteiger partial charge on any atom is 0.260 e. The number of pyridine rings is 1. The Morgan fingerprint density at radius 1 is 1.11 bits per heavy atom. The van der Waals surface area contributed by atoms with Gasteiger partial charge in [-0.2, -0.15) is 0 Å². The standard InChI is InChI=1S/C20H22N4O3/c25-19-7-5-15-4-6-16(13-17(15)22-19)27-14-20(26)24-11-9-23(10-12-24)18-3-1-2-8-21-18/h1-4,6,8,13H,5,7,9-12,14H2,(H,22,25). The molecule has 1 fully saturated rings. The molecule has 0 atom stereocenters. The second kappa shape index (κ2) is 7.65. The van der Waals surface area contributed by atoms with Crippen molar-refractivity contribution in [1.29, 1.82) is 0 Å². The Bertz CT molecular complexity index is 832. The van der Waals surface area contributed by atoms with Crippen LogP contribution in [-0.4, -0.2) is 54.5 Å². The van der Waals surface area contributed by atoms with Crippen LogP contribution in [0.3, 0.4) is 0 Å². The highest BCUT2D eigenvalue weighted by molar-refractivity contribution is 5.94. The first-order chi connectivity index (χ1) is 13.2. The number of ether oxygens (including phenoxy) is 1. The van der Waals surface area contributed by atoms with E-state index in [9.17, 15) is 9.59 Å². The van der Waals surface area contributed by atoms with Crippen molar-refractivity contribution in [1.82, 2.24) is 9.88 Å². The number of carbonyl (C=O) groups is 2. The van der Waals surface area contributed by atoms with Gasteiger partial charge in [-0.05, 0) is 30.2 Å². The molecule has 0 saturated carbocycles. The first-order valence-electron chi connectivity index (χ1n) is 9.18. The van der Waals surface area contributed by atoms with Crippen LogP contribution in [0.5, 0.6) is 5.75 Å². The van der Waals surface area contributed by atoms with Gasteiger partial charge in [-0.1, -0.05) is 12.1 Å². The third-order valence-corrected chi connectivity index (χ3v) is 4.94. The summed E-state index contributed by atoms with van der Waals surface area (Å²) in [6.45, 7) is 2.82. The second-order valence-electron chi connectivity index (χ2n) is 6.71. The predicted octanol–water partition coefficient (Wildman–Crippen LogP) is 1.69. The Balaban J connectivity index is 1.29. The van der Waals surface area contributed by atoms with Gasteiger partial charge in [0.1, 0.15) is 11.6 Å². The van der Waals surface area contributed by atoms with Crippen LogP contribution in [0.25, 0.3) is 0 Å². The molecule has 140 valence electrons. The molecule has 1 saturated heterocycles. The molecule has 0 bridgehead atoms. The molecule has 1 aromatic heterocycles. The van der Waals surface area contributed by atoms with Crippen molar-refractivity contribution >= 4 is 23.3 Å². The smallest absolute Gasteiger partial charge is 0.260 e. The Hall–Kier alpha value is -3.09. The van der Waals surface area contributed by atoms with Crippen molar-refractivity contribution in [2.24, 2.45) is 0 Å². The van der Waals surface area contributed by atoms with Crippen LogP contribution in [0.4, 0.5) is 11.5 Å². The minimum atomic E-state index is -0.0302. The van der Waals surface area contributed by atoms with Crippen LogP contribution >= 0.6 is 0 Å². The number of rotatable bonds is 4. The third kappa shape index (κ3) is 4.02. The molecule has 2 aliphatic heterocycles. The second-order valence-corrected chi connectivity index (χ2v) is 6.71. The number of anilines is 2. The number of nitrogens with one attached hydrogen (secondary N) is 1. The summed E-state index contributed by atoms with van der Waals surface area (Å²) in [5.41, 5.74) is 1.87. The van der Waals surface area contributed by atoms with E-state index in [2.05, 4.69) is 15.2 Å². The molecule has 2 amide bonds. The van der Waals surface area contributed by atoms with Crippen molar-refractivity contribution in [3.05, 3.63) is 48.2 Å². The minimum absolute atomic E-state index is 0.00365. The zero-order chi connectivity index (χ0) is 18.6. The van der Waals surface area contributed by atoms with E-state index < -0.39 is 0 Å². The predicted molar refractivity (Wildman–Crippen MR) is 102 cm³/mol. The van der Waals surface area contributed by atoms with E-state index in [4.69, 9.17) is 4.74 Å². The minimum Gasteiger partial charge on any atom is -0.484 e. The third-order valence-electron chi connectivity index (χ3n) is 4.94. The topological polar surface area (TPSA) is 74.8 Å². The molecule has 0 aliphatic carbocycles. The fraction of sp³-hybridized carbons (Fsp3) is 0.350. The van der Waals surface area contributed by atoms with Gasteiger partial charge in [-0.25, -0.2) is 4.98 Å². The van der Waals surface area contributed by atoms with Crippen molar-refractivity contribution in [2.75, 3.05) is 43.0 Å².